The van der Waals surface area contributed by atoms with E-state index < -0.39 is 6.36 Å². The zero-order valence-electron chi connectivity index (χ0n) is 15.2. The Hall–Kier alpha value is -2.74. The van der Waals surface area contributed by atoms with E-state index >= 15 is 0 Å². The van der Waals surface area contributed by atoms with Crippen LogP contribution in [0.1, 0.15) is 5.56 Å². The molecule has 1 heterocycles. The van der Waals surface area contributed by atoms with Crippen molar-refractivity contribution in [2.45, 2.75) is 12.9 Å². The number of hydrogen-bond acceptors (Lipinski definition) is 4. The van der Waals surface area contributed by atoms with E-state index in [0.717, 1.165) is 25.7 Å². The van der Waals surface area contributed by atoms with Crippen LogP contribution in [0.5, 0.6) is 11.5 Å². The van der Waals surface area contributed by atoms with Crippen molar-refractivity contribution >= 4 is 5.91 Å². The van der Waals surface area contributed by atoms with Gasteiger partial charge in [0.05, 0.1) is 0 Å². The van der Waals surface area contributed by atoms with Crippen LogP contribution < -0.4 is 9.47 Å². The molecule has 28 heavy (non-hydrogen) atoms. The number of halogens is 3. The lowest BCUT2D eigenvalue weighted by atomic mass is 10.2. The van der Waals surface area contributed by atoms with E-state index in [1.807, 2.05) is 18.2 Å². The molecule has 3 rings (SSSR count). The lowest BCUT2D eigenvalue weighted by molar-refractivity contribution is -0.274. The Labute approximate surface area is 161 Å². The van der Waals surface area contributed by atoms with E-state index in [1.54, 1.807) is 4.90 Å². The van der Waals surface area contributed by atoms with Crippen molar-refractivity contribution in [2.75, 3.05) is 32.8 Å². The summed E-state index contributed by atoms with van der Waals surface area (Å²) in [6, 6.07) is 15.3. The molecule has 0 unspecified atom stereocenters. The fraction of sp³-hybridized carbons (Fsp3) is 0.350. The molecule has 2 aromatic carbocycles. The second kappa shape index (κ2) is 8.97. The van der Waals surface area contributed by atoms with Crippen LogP contribution in [0.4, 0.5) is 13.2 Å². The zero-order chi connectivity index (χ0) is 20.0. The van der Waals surface area contributed by atoms with Crippen molar-refractivity contribution < 1.29 is 27.4 Å². The van der Waals surface area contributed by atoms with Gasteiger partial charge in [0.25, 0.3) is 5.91 Å². The minimum Gasteiger partial charge on any atom is -0.484 e. The summed E-state index contributed by atoms with van der Waals surface area (Å²) in [7, 11) is 0. The highest BCUT2D eigenvalue weighted by molar-refractivity contribution is 5.77. The predicted molar refractivity (Wildman–Crippen MR) is 96.9 cm³/mol. The Morgan fingerprint density at radius 3 is 2.29 bits per heavy atom. The molecule has 150 valence electrons. The Morgan fingerprint density at radius 2 is 1.61 bits per heavy atom. The van der Waals surface area contributed by atoms with Gasteiger partial charge in [-0.15, -0.1) is 13.2 Å². The van der Waals surface area contributed by atoms with Crippen molar-refractivity contribution in [3.8, 4) is 11.5 Å². The first-order chi connectivity index (χ1) is 13.4. The smallest absolute Gasteiger partial charge is 0.484 e. The summed E-state index contributed by atoms with van der Waals surface area (Å²) in [5.41, 5.74) is 1.23. The van der Waals surface area contributed by atoms with Crippen LogP contribution in [0.15, 0.2) is 54.6 Å². The van der Waals surface area contributed by atoms with E-state index in [-0.39, 0.29) is 24.0 Å². The van der Waals surface area contributed by atoms with Gasteiger partial charge < -0.3 is 14.4 Å². The first kappa shape index (κ1) is 20.0. The fourth-order valence-corrected chi connectivity index (χ4v) is 2.99. The van der Waals surface area contributed by atoms with Gasteiger partial charge >= 0.3 is 6.36 Å². The van der Waals surface area contributed by atoms with E-state index in [9.17, 15) is 18.0 Å². The van der Waals surface area contributed by atoms with Crippen LogP contribution in [-0.2, 0) is 11.3 Å². The number of nitrogens with zero attached hydrogens (tertiary/aromatic N) is 2. The molecule has 1 fully saturated rings. The summed E-state index contributed by atoms with van der Waals surface area (Å²) in [4.78, 5) is 16.3. The molecule has 0 aromatic heterocycles. The van der Waals surface area contributed by atoms with Crippen LogP contribution in [-0.4, -0.2) is 54.9 Å². The third-order valence-corrected chi connectivity index (χ3v) is 4.38. The van der Waals surface area contributed by atoms with Crippen LogP contribution in [0, 0.1) is 0 Å². The lowest BCUT2D eigenvalue weighted by Gasteiger charge is -2.34. The van der Waals surface area contributed by atoms with E-state index in [2.05, 4.69) is 21.8 Å². The average Bonchev–Trinajstić information content (AvgIpc) is 2.66. The summed E-state index contributed by atoms with van der Waals surface area (Å²) in [6.45, 7) is 3.31. The highest BCUT2D eigenvalue weighted by Gasteiger charge is 2.31. The fourth-order valence-electron chi connectivity index (χ4n) is 2.99. The maximum Gasteiger partial charge on any atom is 0.573 e. The number of hydrogen-bond donors (Lipinski definition) is 0. The van der Waals surface area contributed by atoms with Crippen molar-refractivity contribution in [3.05, 3.63) is 60.2 Å². The monoisotopic (exact) mass is 394 g/mol. The van der Waals surface area contributed by atoms with Crippen LogP contribution in [0.25, 0.3) is 0 Å². The van der Waals surface area contributed by atoms with Crippen molar-refractivity contribution in [3.63, 3.8) is 0 Å². The van der Waals surface area contributed by atoms with Gasteiger partial charge in [-0.3, -0.25) is 9.69 Å². The number of carbonyl (C=O) groups excluding carboxylic acids is 1. The zero-order valence-corrected chi connectivity index (χ0v) is 15.2. The average molecular weight is 394 g/mol. The number of piperazine rings is 1. The minimum atomic E-state index is -4.77. The summed E-state index contributed by atoms with van der Waals surface area (Å²) in [6.07, 6.45) is -4.77. The Kier molecular flexibility index (Phi) is 6.41. The van der Waals surface area contributed by atoms with Crippen LogP contribution in [0.3, 0.4) is 0 Å². The molecule has 0 saturated carbocycles. The molecule has 1 amide bonds. The molecule has 0 bridgehead atoms. The summed E-state index contributed by atoms with van der Waals surface area (Å²) < 4.78 is 46.0. The number of alkyl halides is 3. The van der Waals surface area contributed by atoms with Crippen LogP contribution in [0.2, 0.25) is 0 Å². The second-order valence-corrected chi connectivity index (χ2v) is 6.45. The van der Waals surface area contributed by atoms with Gasteiger partial charge in [0.1, 0.15) is 11.5 Å². The first-order valence-corrected chi connectivity index (χ1v) is 8.92. The Morgan fingerprint density at radius 1 is 0.929 bits per heavy atom. The van der Waals surface area contributed by atoms with Gasteiger partial charge in [0.2, 0.25) is 0 Å². The van der Waals surface area contributed by atoms with Gasteiger partial charge in [-0.2, -0.15) is 0 Å². The summed E-state index contributed by atoms with van der Waals surface area (Å²) >= 11 is 0. The number of amides is 1. The Balaban J connectivity index is 1.44. The molecular formula is C20H21F3N2O3. The number of benzene rings is 2. The highest BCUT2D eigenvalue weighted by Crippen LogP contribution is 2.26. The van der Waals surface area contributed by atoms with Gasteiger partial charge in [-0.25, -0.2) is 0 Å². The molecule has 0 N–H and O–H groups in total. The second-order valence-electron chi connectivity index (χ2n) is 6.45. The SMILES string of the molecule is O=C(COc1cccc(OC(F)(F)F)c1)N1CCN(Cc2ccccc2)CC1. The van der Waals surface area contributed by atoms with Crippen molar-refractivity contribution in [2.24, 2.45) is 0 Å². The molecule has 1 aliphatic heterocycles. The molecule has 0 spiro atoms. The van der Waals surface area contributed by atoms with Crippen LogP contribution >= 0.6 is 0 Å². The molecule has 5 nitrogen and oxygen atoms in total. The number of carbonyl (C=O) groups is 1. The number of ether oxygens (including phenoxy) is 2. The van der Waals surface area contributed by atoms with Crippen molar-refractivity contribution in [1.82, 2.24) is 9.80 Å². The maximum atomic E-state index is 12.3. The van der Waals surface area contributed by atoms with Gasteiger partial charge in [0.15, 0.2) is 6.61 Å². The third kappa shape index (κ3) is 6.16. The maximum absolute atomic E-state index is 12.3. The molecule has 2 aromatic rings. The van der Waals surface area contributed by atoms with Gasteiger partial charge in [-0.1, -0.05) is 36.4 Å². The normalized spacial score (nSPS) is 15.3. The van der Waals surface area contributed by atoms with Gasteiger partial charge in [0, 0.05) is 38.8 Å². The molecule has 1 aliphatic rings. The summed E-state index contributed by atoms with van der Waals surface area (Å²) in [5.74, 6) is -0.425. The molecule has 0 aliphatic carbocycles. The molecule has 8 heteroatoms. The standard InChI is InChI=1S/C20H21F3N2O3/c21-20(22,23)28-18-8-4-7-17(13-18)27-15-19(26)25-11-9-24(10-12-25)14-16-5-2-1-3-6-16/h1-8,13H,9-12,14-15H2. The lowest BCUT2D eigenvalue weighted by Crippen LogP contribution is -2.49. The summed E-state index contributed by atoms with van der Waals surface area (Å²) in [5, 5.41) is 0. The van der Waals surface area contributed by atoms with Crippen molar-refractivity contribution in [1.29, 1.82) is 0 Å². The van der Waals surface area contributed by atoms with E-state index in [0.29, 0.717) is 13.1 Å². The molecule has 0 atom stereocenters. The first-order valence-electron chi connectivity index (χ1n) is 8.92. The molecular weight excluding hydrogens is 373 g/mol. The van der Waals surface area contributed by atoms with Gasteiger partial charge in [-0.05, 0) is 17.7 Å². The van der Waals surface area contributed by atoms with E-state index in [4.69, 9.17) is 4.74 Å². The predicted octanol–water partition coefficient (Wildman–Crippen LogP) is 3.31. The minimum absolute atomic E-state index is 0.151. The third-order valence-electron chi connectivity index (χ3n) is 4.38. The largest absolute Gasteiger partial charge is 0.573 e. The quantitative estimate of drug-likeness (QED) is 0.754. The molecule has 0 radical (unpaired) electrons. The molecule has 1 saturated heterocycles. The topological polar surface area (TPSA) is 42.0 Å². The number of rotatable bonds is 6. The highest BCUT2D eigenvalue weighted by atomic mass is 19.4. The Bertz CT molecular complexity index is 776. The van der Waals surface area contributed by atoms with E-state index in [1.165, 1.54) is 23.8 Å².